The molecule has 0 aliphatic carbocycles. The smallest absolute Gasteiger partial charge is 0.417 e. The molecule has 0 atom stereocenters. The minimum absolute atomic E-state index is 0.416. The van der Waals surface area contributed by atoms with Crippen molar-refractivity contribution < 1.29 is 23.8 Å². The predicted molar refractivity (Wildman–Crippen MR) is 58.3 cm³/mol. The molecule has 0 aliphatic rings. The van der Waals surface area contributed by atoms with Gasteiger partial charge in [0.15, 0.2) is 0 Å². The minimum Gasteiger partial charge on any atom is -0.497 e. The van der Waals surface area contributed by atoms with Gasteiger partial charge in [-0.25, -0.2) is 4.57 Å². The molecule has 0 fully saturated rings. The number of hydrazine groups is 1. The van der Waals surface area contributed by atoms with Crippen LogP contribution in [0, 0.1) is 0 Å². The van der Waals surface area contributed by atoms with Crippen molar-refractivity contribution in [3.05, 3.63) is 18.2 Å². The monoisotopic (exact) mass is 248 g/mol. The second-order valence-corrected chi connectivity index (χ2v) is 4.19. The van der Waals surface area contributed by atoms with E-state index in [0.717, 1.165) is 0 Å². The van der Waals surface area contributed by atoms with Gasteiger partial charge in [0, 0.05) is 18.2 Å². The van der Waals surface area contributed by atoms with Gasteiger partial charge in [0.25, 0.3) is 0 Å². The second kappa shape index (κ2) is 5.18. The SMILES string of the molecule is COc1cc(NNP(=O)(O)O)cc(OC)c1. The predicted octanol–water partition coefficient (Wildman–Crippen LogP) is 0.713. The van der Waals surface area contributed by atoms with Crippen LogP contribution in [0.5, 0.6) is 11.5 Å². The first-order chi connectivity index (χ1) is 7.44. The van der Waals surface area contributed by atoms with Gasteiger partial charge >= 0.3 is 7.75 Å². The minimum atomic E-state index is -4.32. The quantitative estimate of drug-likeness (QED) is 0.450. The first kappa shape index (κ1) is 12.8. The van der Waals surface area contributed by atoms with Crippen molar-refractivity contribution in [1.82, 2.24) is 5.20 Å². The van der Waals surface area contributed by atoms with E-state index < -0.39 is 7.75 Å². The zero-order chi connectivity index (χ0) is 12.2. The third kappa shape index (κ3) is 4.08. The van der Waals surface area contributed by atoms with Crippen molar-refractivity contribution >= 4 is 13.4 Å². The van der Waals surface area contributed by atoms with Crippen molar-refractivity contribution in [2.45, 2.75) is 0 Å². The molecule has 0 radical (unpaired) electrons. The summed E-state index contributed by atoms with van der Waals surface area (Å²) in [5, 5.41) is 1.85. The molecular weight excluding hydrogens is 235 g/mol. The van der Waals surface area contributed by atoms with Crippen LogP contribution in [-0.4, -0.2) is 24.0 Å². The van der Waals surface area contributed by atoms with Crippen LogP contribution in [0.4, 0.5) is 5.69 Å². The summed E-state index contributed by atoms with van der Waals surface area (Å²) in [5.41, 5.74) is 2.78. The zero-order valence-corrected chi connectivity index (χ0v) is 9.69. The normalized spacial score (nSPS) is 11.0. The Morgan fingerprint density at radius 2 is 1.62 bits per heavy atom. The maximum atomic E-state index is 10.6. The molecular formula is C8H13N2O5P. The maximum Gasteiger partial charge on any atom is 0.417 e. The molecule has 90 valence electrons. The lowest BCUT2D eigenvalue weighted by Crippen LogP contribution is -2.17. The van der Waals surface area contributed by atoms with Gasteiger partial charge in [0.05, 0.1) is 19.9 Å². The summed E-state index contributed by atoms with van der Waals surface area (Å²) in [6.45, 7) is 0. The van der Waals surface area contributed by atoms with Gasteiger partial charge in [-0.3, -0.25) is 0 Å². The van der Waals surface area contributed by atoms with Gasteiger partial charge < -0.3 is 24.7 Å². The fourth-order valence-corrected chi connectivity index (χ4v) is 1.29. The Labute approximate surface area is 92.6 Å². The average Bonchev–Trinajstić information content (AvgIpc) is 2.25. The highest BCUT2D eigenvalue weighted by atomic mass is 31.2. The van der Waals surface area contributed by atoms with E-state index in [0.29, 0.717) is 17.2 Å². The van der Waals surface area contributed by atoms with Crippen molar-refractivity contribution in [3.8, 4) is 11.5 Å². The summed E-state index contributed by atoms with van der Waals surface area (Å²) in [5.74, 6) is 1.02. The molecule has 0 saturated carbocycles. The van der Waals surface area contributed by atoms with Crippen LogP contribution in [0.25, 0.3) is 0 Å². The highest BCUT2D eigenvalue weighted by Gasteiger charge is 2.11. The Hall–Kier alpha value is -1.27. The number of benzene rings is 1. The fraction of sp³-hybridized carbons (Fsp3) is 0.250. The summed E-state index contributed by atoms with van der Waals surface area (Å²) in [7, 11) is -1.36. The zero-order valence-electron chi connectivity index (χ0n) is 8.80. The second-order valence-electron chi connectivity index (χ2n) is 2.88. The van der Waals surface area contributed by atoms with Crippen molar-refractivity contribution in [2.24, 2.45) is 0 Å². The molecule has 1 rings (SSSR count). The number of hydrogen-bond donors (Lipinski definition) is 4. The molecule has 4 N–H and O–H groups in total. The number of ether oxygens (including phenoxy) is 2. The number of rotatable bonds is 5. The molecule has 8 heteroatoms. The summed E-state index contributed by atoms with van der Waals surface area (Å²) in [4.78, 5) is 17.2. The standard InChI is InChI=1S/C8H13N2O5P/c1-14-7-3-6(4-8(5-7)15-2)9-10-16(11,12)13/h3-5,9H,1-2H3,(H3,10,11,12,13). The van der Waals surface area contributed by atoms with Crippen molar-refractivity contribution in [2.75, 3.05) is 19.6 Å². The highest BCUT2D eigenvalue weighted by Crippen LogP contribution is 2.30. The Morgan fingerprint density at radius 3 is 2.00 bits per heavy atom. The third-order valence-electron chi connectivity index (χ3n) is 1.70. The molecule has 0 bridgehead atoms. The van der Waals surface area contributed by atoms with Crippen LogP contribution in [0.3, 0.4) is 0 Å². The lowest BCUT2D eigenvalue weighted by molar-refractivity contribution is 0.362. The summed E-state index contributed by atoms with van der Waals surface area (Å²) in [6, 6.07) is 4.76. The van der Waals surface area contributed by atoms with Crippen molar-refractivity contribution in [1.29, 1.82) is 0 Å². The third-order valence-corrected chi connectivity index (χ3v) is 2.10. The average molecular weight is 248 g/mol. The van der Waals surface area contributed by atoms with Gasteiger partial charge in [-0.15, -0.1) is 5.20 Å². The lowest BCUT2D eigenvalue weighted by atomic mass is 10.3. The van der Waals surface area contributed by atoms with Gasteiger partial charge in [0.2, 0.25) is 0 Å². The molecule has 0 unspecified atom stereocenters. The Kier molecular flexibility index (Phi) is 4.14. The van der Waals surface area contributed by atoms with Crippen LogP contribution < -0.4 is 20.1 Å². The van der Waals surface area contributed by atoms with E-state index in [-0.39, 0.29) is 0 Å². The van der Waals surface area contributed by atoms with Gasteiger partial charge in [-0.05, 0) is 0 Å². The topological polar surface area (TPSA) is 100 Å². The number of nitrogens with one attached hydrogen (secondary N) is 2. The Morgan fingerprint density at radius 1 is 1.12 bits per heavy atom. The molecule has 7 nitrogen and oxygen atoms in total. The largest absolute Gasteiger partial charge is 0.497 e. The molecule has 0 spiro atoms. The van der Waals surface area contributed by atoms with E-state index in [1.54, 1.807) is 18.2 Å². The van der Waals surface area contributed by atoms with E-state index in [4.69, 9.17) is 19.3 Å². The first-order valence-electron chi connectivity index (χ1n) is 4.26. The highest BCUT2D eigenvalue weighted by molar-refractivity contribution is 7.49. The van der Waals surface area contributed by atoms with E-state index >= 15 is 0 Å². The number of methoxy groups -OCH3 is 2. The van der Waals surface area contributed by atoms with Crippen LogP contribution in [0.2, 0.25) is 0 Å². The lowest BCUT2D eigenvalue weighted by Gasteiger charge is -2.12. The number of anilines is 1. The van der Waals surface area contributed by atoms with Gasteiger partial charge in [-0.2, -0.15) is 0 Å². The fourth-order valence-electron chi connectivity index (χ4n) is 1.02. The molecule has 1 aromatic rings. The van der Waals surface area contributed by atoms with Gasteiger partial charge in [-0.1, -0.05) is 0 Å². The van der Waals surface area contributed by atoms with Crippen molar-refractivity contribution in [3.63, 3.8) is 0 Å². The maximum absolute atomic E-state index is 10.6. The van der Waals surface area contributed by atoms with E-state index in [9.17, 15) is 4.57 Å². The van der Waals surface area contributed by atoms with Crippen LogP contribution >= 0.6 is 7.75 Å². The number of hydrogen-bond acceptors (Lipinski definition) is 4. The van der Waals surface area contributed by atoms with Crippen LogP contribution in [0.15, 0.2) is 18.2 Å². The molecule has 0 aromatic heterocycles. The summed E-state index contributed by atoms with van der Waals surface area (Å²) >= 11 is 0. The Balaban J connectivity index is 2.83. The molecule has 1 aromatic carbocycles. The van der Waals surface area contributed by atoms with Crippen LogP contribution in [0.1, 0.15) is 0 Å². The molecule has 16 heavy (non-hydrogen) atoms. The first-order valence-corrected chi connectivity index (χ1v) is 5.88. The van der Waals surface area contributed by atoms with Gasteiger partial charge in [0.1, 0.15) is 11.5 Å². The Bertz CT molecular complexity index is 383. The van der Waals surface area contributed by atoms with Crippen LogP contribution in [-0.2, 0) is 4.57 Å². The van der Waals surface area contributed by atoms with E-state index in [1.165, 1.54) is 14.2 Å². The molecule has 0 heterocycles. The molecule has 0 saturated heterocycles. The van der Waals surface area contributed by atoms with E-state index in [1.807, 2.05) is 5.20 Å². The molecule has 0 amide bonds. The summed E-state index contributed by atoms with van der Waals surface area (Å²) in [6.07, 6.45) is 0. The molecule has 0 aliphatic heterocycles. The summed E-state index contributed by atoms with van der Waals surface area (Å²) < 4.78 is 20.5. The van der Waals surface area contributed by atoms with E-state index in [2.05, 4.69) is 5.43 Å².